The predicted molar refractivity (Wildman–Crippen MR) is 84.2 cm³/mol. The Bertz CT molecular complexity index is 670. The smallest absolute Gasteiger partial charge is 0.254 e. The lowest BCUT2D eigenvalue weighted by Gasteiger charge is -2.34. The summed E-state index contributed by atoms with van der Waals surface area (Å²) in [6, 6.07) is 12.3. The molecule has 1 saturated heterocycles. The van der Waals surface area contributed by atoms with Crippen molar-refractivity contribution in [3.8, 4) is 0 Å². The van der Waals surface area contributed by atoms with E-state index in [1.165, 1.54) is 12.3 Å². The number of piperidine rings is 1. The van der Waals surface area contributed by atoms with Gasteiger partial charge in [0, 0.05) is 30.9 Å². The quantitative estimate of drug-likeness (QED) is 0.886. The minimum atomic E-state index is -0.648. The highest BCUT2D eigenvalue weighted by atomic mass is 19.1. The zero-order valence-corrected chi connectivity index (χ0v) is 12.7. The van der Waals surface area contributed by atoms with Crippen LogP contribution in [0.1, 0.15) is 34.9 Å². The first-order valence-electron chi connectivity index (χ1n) is 7.79. The molecular formula is C18H19FN2O2. The van der Waals surface area contributed by atoms with Crippen molar-refractivity contribution >= 4 is 5.91 Å². The van der Waals surface area contributed by atoms with E-state index >= 15 is 0 Å². The van der Waals surface area contributed by atoms with Gasteiger partial charge in [0.1, 0.15) is 0 Å². The fraction of sp³-hybridized carbons (Fsp3) is 0.333. The van der Waals surface area contributed by atoms with E-state index in [2.05, 4.69) is 4.98 Å². The van der Waals surface area contributed by atoms with Crippen molar-refractivity contribution in [3.05, 3.63) is 65.7 Å². The highest BCUT2D eigenvalue weighted by Crippen LogP contribution is 2.31. The van der Waals surface area contributed by atoms with E-state index in [0.29, 0.717) is 18.7 Å². The Morgan fingerprint density at radius 3 is 2.57 bits per heavy atom. The van der Waals surface area contributed by atoms with Crippen LogP contribution in [0.5, 0.6) is 0 Å². The van der Waals surface area contributed by atoms with Crippen LogP contribution < -0.4 is 0 Å². The van der Waals surface area contributed by atoms with E-state index in [-0.39, 0.29) is 11.8 Å². The van der Waals surface area contributed by atoms with Gasteiger partial charge in [0.15, 0.2) is 0 Å². The van der Waals surface area contributed by atoms with Crippen LogP contribution in [0.25, 0.3) is 0 Å². The molecule has 2 aromatic rings. The van der Waals surface area contributed by atoms with Gasteiger partial charge in [-0.05, 0) is 30.4 Å². The number of carbonyl (C=O) groups excluding carboxylic acids is 1. The standard InChI is InChI=1S/C18H19FN2O2/c19-16-12-15(6-9-20-16)18(23)21-10-7-14(8-11-21)17(22)13-4-2-1-3-5-13/h1-6,9,12,14,17,22H,7-8,10-11H2. The number of rotatable bonds is 3. The van der Waals surface area contributed by atoms with Gasteiger partial charge in [0.05, 0.1) is 6.10 Å². The summed E-state index contributed by atoms with van der Waals surface area (Å²) in [5, 5.41) is 10.5. The van der Waals surface area contributed by atoms with E-state index in [1.54, 1.807) is 4.90 Å². The van der Waals surface area contributed by atoms with Crippen molar-refractivity contribution in [2.45, 2.75) is 18.9 Å². The number of halogens is 1. The highest BCUT2D eigenvalue weighted by molar-refractivity contribution is 5.94. The molecule has 0 radical (unpaired) electrons. The SMILES string of the molecule is O=C(c1ccnc(F)c1)N1CCC(C(O)c2ccccc2)CC1. The Morgan fingerprint density at radius 2 is 1.91 bits per heavy atom. The first kappa shape index (κ1) is 15.6. The fourth-order valence-electron chi connectivity index (χ4n) is 3.06. The molecule has 4 nitrogen and oxygen atoms in total. The molecule has 1 unspecified atom stereocenters. The van der Waals surface area contributed by atoms with Crippen LogP contribution in [0, 0.1) is 11.9 Å². The first-order chi connectivity index (χ1) is 11.1. The molecule has 1 fully saturated rings. The number of benzene rings is 1. The maximum absolute atomic E-state index is 13.1. The van der Waals surface area contributed by atoms with E-state index in [9.17, 15) is 14.3 Å². The number of hydrogen-bond acceptors (Lipinski definition) is 3. The highest BCUT2D eigenvalue weighted by Gasteiger charge is 2.28. The lowest BCUT2D eigenvalue weighted by Crippen LogP contribution is -2.39. The topological polar surface area (TPSA) is 53.4 Å². The van der Waals surface area contributed by atoms with Gasteiger partial charge in [0.2, 0.25) is 5.95 Å². The molecule has 0 bridgehead atoms. The number of nitrogens with zero attached hydrogens (tertiary/aromatic N) is 2. The summed E-state index contributed by atoms with van der Waals surface area (Å²) in [5.41, 5.74) is 1.23. The van der Waals surface area contributed by atoms with E-state index in [0.717, 1.165) is 24.5 Å². The Labute approximate surface area is 134 Å². The van der Waals surface area contributed by atoms with Gasteiger partial charge in [0.25, 0.3) is 5.91 Å². The Kier molecular flexibility index (Phi) is 4.67. The number of hydrogen-bond donors (Lipinski definition) is 1. The normalized spacial score (nSPS) is 17.0. The molecule has 1 N–H and O–H groups in total. The van der Waals surface area contributed by atoms with Crippen molar-refractivity contribution in [1.82, 2.24) is 9.88 Å². The van der Waals surface area contributed by atoms with Crippen molar-refractivity contribution in [1.29, 1.82) is 0 Å². The van der Waals surface area contributed by atoms with Gasteiger partial charge >= 0.3 is 0 Å². The summed E-state index contributed by atoms with van der Waals surface area (Å²) in [6.07, 6.45) is 2.26. The monoisotopic (exact) mass is 314 g/mol. The summed E-state index contributed by atoms with van der Waals surface area (Å²) in [5.74, 6) is -0.695. The third-order valence-electron chi connectivity index (χ3n) is 4.39. The average Bonchev–Trinajstić information content (AvgIpc) is 2.61. The molecule has 1 aromatic heterocycles. The summed E-state index contributed by atoms with van der Waals surface area (Å²) in [7, 11) is 0. The predicted octanol–water partition coefficient (Wildman–Crippen LogP) is 2.81. The van der Waals surface area contributed by atoms with Gasteiger partial charge in [-0.15, -0.1) is 0 Å². The minimum Gasteiger partial charge on any atom is -0.388 e. The second-order valence-corrected chi connectivity index (χ2v) is 5.85. The molecule has 0 spiro atoms. The molecular weight excluding hydrogens is 295 g/mol. The number of pyridine rings is 1. The Hall–Kier alpha value is -2.27. The van der Waals surface area contributed by atoms with Crippen LogP contribution >= 0.6 is 0 Å². The van der Waals surface area contributed by atoms with Crippen molar-refractivity contribution in [2.24, 2.45) is 5.92 Å². The lowest BCUT2D eigenvalue weighted by molar-refractivity contribution is 0.0462. The molecule has 5 heteroatoms. The summed E-state index contributed by atoms with van der Waals surface area (Å²) >= 11 is 0. The molecule has 1 aromatic carbocycles. The van der Waals surface area contributed by atoms with Crippen LogP contribution in [-0.2, 0) is 0 Å². The maximum atomic E-state index is 13.1. The van der Waals surface area contributed by atoms with Gasteiger partial charge < -0.3 is 10.0 Å². The van der Waals surface area contributed by atoms with Crippen molar-refractivity contribution in [3.63, 3.8) is 0 Å². The van der Waals surface area contributed by atoms with Crippen LogP contribution in [0.4, 0.5) is 4.39 Å². The summed E-state index contributed by atoms with van der Waals surface area (Å²) in [4.78, 5) is 17.5. The van der Waals surface area contributed by atoms with E-state index in [1.807, 2.05) is 30.3 Å². The summed E-state index contributed by atoms with van der Waals surface area (Å²) < 4.78 is 13.1. The number of amides is 1. The van der Waals surface area contributed by atoms with E-state index in [4.69, 9.17) is 0 Å². The molecule has 0 saturated carbocycles. The first-order valence-corrected chi connectivity index (χ1v) is 7.79. The van der Waals surface area contributed by atoms with Crippen molar-refractivity contribution in [2.75, 3.05) is 13.1 Å². The molecule has 1 atom stereocenters. The molecule has 1 aliphatic rings. The van der Waals surface area contributed by atoms with Crippen LogP contribution in [0.15, 0.2) is 48.7 Å². The second-order valence-electron chi connectivity index (χ2n) is 5.85. The molecule has 1 aliphatic heterocycles. The zero-order chi connectivity index (χ0) is 16.2. The number of aliphatic hydroxyl groups excluding tert-OH is 1. The van der Waals surface area contributed by atoms with Gasteiger partial charge in [-0.2, -0.15) is 4.39 Å². The van der Waals surface area contributed by atoms with E-state index < -0.39 is 12.1 Å². The fourth-order valence-corrected chi connectivity index (χ4v) is 3.06. The average molecular weight is 314 g/mol. The zero-order valence-electron chi connectivity index (χ0n) is 12.7. The Morgan fingerprint density at radius 1 is 1.22 bits per heavy atom. The third-order valence-corrected chi connectivity index (χ3v) is 4.39. The van der Waals surface area contributed by atoms with Crippen molar-refractivity contribution < 1.29 is 14.3 Å². The minimum absolute atomic E-state index is 0.135. The van der Waals surface area contributed by atoms with Gasteiger partial charge in [-0.3, -0.25) is 4.79 Å². The summed E-state index contributed by atoms with van der Waals surface area (Å²) in [6.45, 7) is 1.13. The largest absolute Gasteiger partial charge is 0.388 e. The number of carbonyl (C=O) groups is 1. The maximum Gasteiger partial charge on any atom is 0.254 e. The molecule has 120 valence electrons. The third kappa shape index (κ3) is 3.56. The lowest BCUT2D eigenvalue weighted by atomic mass is 9.87. The van der Waals surface area contributed by atoms with Crippen LogP contribution in [-0.4, -0.2) is 34.0 Å². The number of likely N-dealkylation sites (tertiary alicyclic amines) is 1. The molecule has 23 heavy (non-hydrogen) atoms. The number of aliphatic hydroxyl groups is 1. The molecule has 2 heterocycles. The van der Waals surface area contributed by atoms with Gasteiger partial charge in [-0.1, -0.05) is 30.3 Å². The Balaban J connectivity index is 1.61. The molecule has 0 aliphatic carbocycles. The van der Waals surface area contributed by atoms with Crippen LogP contribution in [0.2, 0.25) is 0 Å². The van der Waals surface area contributed by atoms with Gasteiger partial charge in [-0.25, -0.2) is 4.98 Å². The number of aromatic nitrogens is 1. The van der Waals surface area contributed by atoms with Crippen LogP contribution in [0.3, 0.4) is 0 Å². The molecule has 1 amide bonds. The second kappa shape index (κ2) is 6.87. The molecule has 3 rings (SSSR count).